The summed E-state index contributed by atoms with van der Waals surface area (Å²) in [6, 6.07) is 0. The number of nitrogens with two attached hydrogens (primary N) is 3. The highest BCUT2D eigenvalue weighted by Crippen LogP contribution is 2.42. The van der Waals surface area contributed by atoms with Crippen molar-refractivity contribution in [2.45, 2.75) is 5.40 Å². The Balaban J connectivity index is 4.34. The molecule has 0 aliphatic heterocycles. The van der Waals surface area contributed by atoms with Gasteiger partial charge < -0.3 is 27.0 Å². The van der Waals surface area contributed by atoms with Gasteiger partial charge in [0.2, 0.25) is 0 Å². The Kier molecular flexibility index (Phi) is 2.35. The molecule has 6 nitrogen and oxygen atoms in total. The Morgan fingerprint density at radius 3 is 1.78 bits per heavy atom. The van der Waals surface area contributed by atoms with Crippen LogP contribution in [0.1, 0.15) is 0 Å². The second-order valence-corrected chi connectivity index (χ2v) is 3.66. The fraction of sp³-hybridized carbons (Fsp3) is 1.00. The summed E-state index contributed by atoms with van der Waals surface area (Å²) in [7, 11) is -4.44. The molecule has 0 radical (unpaired) electrons. The molecule has 0 saturated carbocycles. The van der Waals surface area contributed by atoms with Crippen molar-refractivity contribution in [2.24, 2.45) is 17.2 Å². The quantitative estimate of drug-likeness (QED) is 0.224. The Morgan fingerprint density at radius 1 is 1.44 bits per heavy atom. The van der Waals surface area contributed by atoms with E-state index in [2.05, 4.69) is 0 Å². The summed E-state index contributed by atoms with van der Waals surface area (Å²) in [6.45, 7) is -0.447. The van der Waals surface area contributed by atoms with Crippen molar-refractivity contribution in [3.8, 4) is 0 Å². The summed E-state index contributed by atoms with van der Waals surface area (Å²) in [6.07, 6.45) is 0. The van der Waals surface area contributed by atoms with Crippen LogP contribution >= 0.6 is 7.60 Å². The van der Waals surface area contributed by atoms with Crippen molar-refractivity contribution in [2.75, 3.05) is 6.54 Å². The average molecular weight is 155 g/mol. The zero-order valence-corrected chi connectivity index (χ0v) is 5.58. The molecule has 7 heteroatoms. The maximum atomic E-state index is 10.2. The standard InChI is InChI=1S/C2H10N3O3P/c3-1-2(4,5)9(6,7)8/h1,3-5H2,(H2,6,7,8). The van der Waals surface area contributed by atoms with Crippen LogP contribution in [-0.2, 0) is 4.57 Å². The summed E-state index contributed by atoms with van der Waals surface area (Å²) in [4.78, 5) is 16.7. The molecule has 0 heterocycles. The Bertz CT molecular complexity index is 140. The van der Waals surface area contributed by atoms with Gasteiger partial charge in [-0.2, -0.15) is 0 Å². The van der Waals surface area contributed by atoms with Crippen LogP contribution in [0.4, 0.5) is 0 Å². The van der Waals surface area contributed by atoms with E-state index in [1.54, 1.807) is 0 Å². The van der Waals surface area contributed by atoms with Crippen molar-refractivity contribution in [1.82, 2.24) is 0 Å². The lowest BCUT2D eigenvalue weighted by Crippen LogP contribution is -2.54. The van der Waals surface area contributed by atoms with Crippen LogP contribution in [0.3, 0.4) is 0 Å². The molecule has 0 aromatic rings. The van der Waals surface area contributed by atoms with Crippen LogP contribution < -0.4 is 17.2 Å². The minimum Gasteiger partial charge on any atom is -0.327 e. The van der Waals surface area contributed by atoms with E-state index >= 15 is 0 Å². The van der Waals surface area contributed by atoms with E-state index in [9.17, 15) is 4.57 Å². The van der Waals surface area contributed by atoms with E-state index in [0.717, 1.165) is 0 Å². The van der Waals surface area contributed by atoms with Gasteiger partial charge in [0.1, 0.15) is 0 Å². The molecular formula is C2H10N3O3P. The molecule has 0 saturated heterocycles. The highest BCUT2D eigenvalue weighted by atomic mass is 31.2. The molecule has 9 heavy (non-hydrogen) atoms. The van der Waals surface area contributed by atoms with E-state index in [1.165, 1.54) is 0 Å². The first-order valence-corrected chi connectivity index (χ1v) is 3.76. The van der Waals surface area contributed by atoms with Crippen molar-refractivity contribution in [3.63, 3.8) is 0 Å². The van der Waals surface area contributed by atoms with Gasteiger partial charge in [-0.3, -0.25) is 4.57 Å². The van der Waals surface area contributed by atoms with Crippen LogP contribution in [0.15, 0.2) is 0 Å². The zero-order chi connectivity index (χ0) is 7.71. The minimum atomic E-state index is -4.44. The van der Waals surface area contributed by atoms with Crippen LogP contribution in [0.25, 0.3) is 0 Å². The summed E-state index contributed by atoms with van der Waals surface area (Å²) in [5.41, 5.74) is 14.6. The second kappa shape index (κ2) is 2.34. The summed E-state index contributed by atoms with van der Waals surface area (Å²) < 4.78 is 10.2. The lowest BCUT2D eigenvalue weighted by molar-refractivity contribution is 0.328. The van der Waals surface area contributed by atoms with Gasteiger partial charge in [0.25, 0.3) is 0 Å². The third-order valence-corrected chi connectivity index (χ3v) is 2.14. The van der Waals surface area contributed by atoms with E-state index < -0.39 is 19.5 Å². The lowest BCUT2D eigenvalue weighted by atomic mass is 10.5. The second-order valence-electron chi connectivity index (χ2n) is 1.74. The molecule has 0 aromatic carbocycles. The zero-order valence-electron chi connectivity index (χ0n) is 4.69. The van der Waals surface area contributed by atoms with Gasteiger partial charge in [0.05, 0.1) is 0 Å². The molecule has 0 bridgehead atoms. The Hall–Kier alpha value is 0.0300. The predicted octanol–water partition coefficient (Wildman–Crippen LogP) is -2.31. The predicted molar refractivity (Wildman–Crippen MR) is 32.2 cm³/mol. The first-order chi connectivity index (χ1) is 3.81. The Labute approximate surface area is 52.2 Å². The van der Waals surface area contributed by atoms with Gasteiger partial charge >= 0.3 is 7.60 Å². The molecule has 0 rings (SSSR count). The van der Waals surface area contributed by atoms with Crippen LogP contribution in [-0.4, -0.2) is 21.7 Å². The lowest BCUT2D eigenvalue weighted by Gasteiger charge is -2.22. The topological polar surface area (TPSA) is 136 Å². The third-order valence-electron chi connectivity index (χ3n) is 0.869. The minimum absolute atomic E-state index is 0.447. The van der Waals surface area contributed by atoms with Gasteiger partial charge in [-0.05, 0) is 0 Å². The number of rotatable bonds is 2. The summed E-state index contributed by atoms with van der Waals surface area (Å²) in [5.74, 6) is 0. The molecule has 0 spiro atoms. The van der Waals surface area contributed by atoms with E-state index in [1.807, 2.05) is 0 Å². The molecule has 0 aliphatic rings. The highest BCUT2D eigenvalue weighted by molar-refractivity contribution is 7.53. The van der Waals surface area contributed by atoms with E-state index in [-0.39, 0.29) is 0 Å². The van der Waals surface area contributed by atoms with E-state index in [0.29, 0.717) is 0 Å². The van der Waals surface area contributed by atoms with Crippen LogP contribution in [0.2, 0.25) is 0 Å². The number of hydrogen-bond donors (Lipinski definition) is 5. The average Bonchev–Trinajstić information content (AvgIpc) is 1.64. The number of hydrogen-bond acceptors (Lipinski definition) is 4. The maximum Gasteiger partial charge on any atom is 0.360 e. The fourth-order valence-corrected chi connectivity index (χ4v) is 0.357. The molecule has 0 aliphatic carbocycles. The molecule has 0 unspecified atom stereocenters. The van der Waals surface area contributed by atoms with Gasteiger partial charge in [-0.15, -0.1) is 0 Å². The first kappa shape index (κ1) is 9.03. The van der Waals surface area contributed by atoms with Crippen molar-refractivity contribution in [3.05, 3.63) is 0 Å². The normalized spacial score (nSPS) is 13.9. The molecular weight excluding hydrogens is 145 g/mol. The van der Waals surface area contributed by atoms with Crippen molar-refractivity contribution < 1.29 is 14.4 Å². The molecule has 0 amide bonds. The third kappa shape index (κ3) is 2.02. The smallest absolute Gasteiger partial charge is 0.327 e. The fourth-order valence-electron chi connectivity index (χ4n) is 0.119. The Morgan fingerprint density at radius 2 is 1.78 bits per heavy atom. The molecule has 0 aromatic heterocycles. The van der Waals surface area contributed by atoms with Gasteiger partial charge in [0.15, 0.2) is 5.40 Å². The first-order valence-electron chi connectivity index (χ1n) is 2.15. The largest absolute Gasteiger partial charge is 0.360 e. The monoisotopic (exact) mass is 155 g/mol. The molecule has 0 atom stereocenters. The molecule has 56 valence electrons. The SMILES string of the molecule is NCC(N)(N)P(=O)(O)O. The van der Waals surface area contributed by atoms with Gasteiger partial charge in [-0.25, -0.2) is 0 Å². The van der Waals surface area contributed by atoms with Gasteiger partial charge in [0, 0.05) is 6.54 Å². The summed E-state index contributed by atoms with van der Waals surface area (Å²) >= 11 is 0. The summed E-state index contributed by atoms with van der Waals surface area (Å²) in [5, 5.41) is -2.08. The highest BCUT2D eigenvalue weighted by Gasteiger charge is 2.37. The van der Waals surface area contributed by atoms with Crippen LogP contribution in [0, 0.1) is 0 Å². The van der Waals surface area contributed by atoms with Crippen molar-refractivity contribution in [1.29, 1.82) is 0 Å². The molecule has 8 N–H and O–H groups in total. The van der Waals surface area contributed by atoms with E-state index in [4.69, 9.17) is 27.0 Å². The maximum absolute atomic E-state index is 10.2. The van der Waals surface area contributed by atoms with Crippen molar-refractivity contribution >= 4 is 7.60 Å². The molecule has 0 fully saturated rings. The van der Waals surface area contributed by atoms with Crippen LogP contribution in [0.5, 0.6) is 0 Å². The van der Waals surface area contributed by atoms with Gasteiger partial charge in [-0.1, -0.05) is 0 Å².